The third kappa shape index (κ3) is 12.4. The number of hydrogen-bond donors (Lipinski definition) is 0. The molecule has 0 aromatic heterocycles. The number of likely N-dealkylation sites (tertiary alicyclic amines) is 2. The van der Waals surface area contributed by atoms with Gasteiger partial charge in [0.05, 0.1) is 52.5 Å². The van der Waals surface area contributed by atoms with Crippen LogP contribution in [-0.4, -0.2) is 85.5 Å². The predicted molar refractivity (Wildman–Crippen MR) is 299 cm³/mol. The number of piperidine rings is 2. The van der Waals surface area contributed by atoms with Crippen LogP contribution in [0.4, 0.5) is 0 Å². The van der Waals surface area contributed by atoms with Crippen molar-refractivity contribution >= 4 is 89.8 Å². The van der Waals surface area contributed by atoms with Gasteiger partial charge in [0.25, 0.3) is 0 Å². The van der Waals surface area contributed by atoms with Crippen molar-refractivity contribution in [2.24, 2.45) is 22.7 Å². The smallest absolute Gasteiger partial charge is 0.314 e. The van der Waals surface area contributed by atoms with Gasteiger partial charge in [0, 0.05) is 50.3 Å². The van der Waals surface area contributed by atoms with Crippen LogP contribution in [0.2, 0.25) is 20.1 Å². The molecule has 0 radical (unpaired) electrons. The number of halogens is 4. The summed E-state index contributed by atoms with van der Waals surface area (Å²) < 4.78 is 61.5. The maximum atomic E-state index is 16.0. The molecule has 3 aliphatic carbocycles. The van der Waals surface area contributed by atoms with Gasteiger partial charge in [-0.15, -0.1) is 0 Å². The van der Waals surface area contributed by atoms with E-state index in [4.69, 9.17) is 51.1 Å². The summed E-state index contributed by atoms with van der Waals surface area (Å²) in [5.41, 5.74) is 0.175. The van der Waals surface area contributed by atoms with E-state index >= 15 is 9.59 Å². The number of amides is 2. The normalized spacial score (nSPS) is 26.5. The Bertz CT molecular complexity index is 3040. The Kier molecular flexibility index (Phi) is 17.2. The van der Waals surface area contributed by atoms with Crippen LogP contribution in [0.15, 0.2) is 97.1 Å². The summed E-state index contributed by atoms with van der Waals surface area (Å²) in [5, 5.41) is 1.41. The van der Waals surface area contributed by atoms with E-state index < -0.39 is 102 Å². The Balaban J connectivity index is 1.08. The zero-order valence-electron chi connectivity index (χ0n) is 43.4. The first-order chi connectivity index (χ1) is 36.1. The number of benzene rings is 4. The van der Waals surface area contributed by atoms with E-state index in [9.17, 15) is 26.4 Å². The second-order valence-electron chi connectivity index (χ2n) is 22.6. The van der Waals surface area contributed by atoms with Gasteiger partial charge in [-0.3, -0.25) is 19.2 Å². The Morgan fingerprint density at radius 1 is 0.566 bits per heavy atom. The fraction of sp³-hybridized carbons (Fsp3) is 0.525. The summed E-state index contributed by atoms with van der Waals surface area (Å²) in [7, 11) is -7.31. The zero-order valence-corrected chi connectivity index (χ0v) is 48.0. The van der Waals surface area contributed by atoms with Crippen molar-refractivity contribution < 1.29 is 40.8 Å². The monoisotopic (exact) mass is 1150 g/mol. The molecule has 8 atom stereocenters. The standard InChI is InChI=1S/C59H68Cl4N2O9S2/c1-4-58(31-48(41-11-9-13-45(62)29-41)54(39-21-25-43(60)26-22-39)64(56(58)68)50(37-17-18-37)35-75(3,70)71)33-52(66)74-53(67)34-59(5-2)32-49(42-12-10-14-46(63)30-42)55(40-23-27-44(61)28-24-40)65(57(59)69)51(38-19-20-38)36-76(72,73)47-15-7-6-8-16-47/h9-14,21-30,37-38,47-51,54-55H,4-8,15-20,31-36H2,1-3H3. The van der Waals surface area contributed by atoms with Crippen LogP contribution in [0, 0.1) is 22.7 Å². The number of nitrogens with zero attached hydrogens (tertiary/aromatic N) is 2. The average molecular weight is 1160 g/mol. The van der Waals surface area contributed by atoms with E-state index in [1.54, 1.807) is 46.2 Å². The Hall–Kier alpha value is -3.98. The van der Waals surface area contributed by atoms with E-state index in [-0.39, 0.29) is 54.9 Å². The summed E-state index contributed by atoms with van der Waals surface area (Å²) in [6, 6.07) is 26.4. The van der Waals surface area contributed by atoms with Gasteiger partial charge >= 0.3 is 11.9 Å². The maximum Gasteiger partial charge on any atom is 0.314 e. The van der Waals surface area contributed by atoms with Crippen LogP contribution in [-0.2, 0) is 43.6 Å². The van der Waals surface area contributed by atoms with Crippen molar-refractivity contribution in [2.45, 2.75) is 151 Å². The minimum absolute atomic E-state index is 0.0943. The van der Waals surface area contributed by atoms with Crippen molar-refractivity contribution in [3.05, 3.63) is 139 Å². The summed E-state index contributed by atoms with van der Waals surface area (Å²) >= 11 is 26.3. The molecule has 11 nitrogen and oxygen atoms in total. The highest BCUT2D eigenvalue weighted by molar-refractivity contribution is 7.92. The summed E-state index contributed by atoms with van der Waals surface area (Å²) in [4.78, 5) is 64.7. The lowest BCUT2D eigenvalue weighted by atomic mass is 9.64. The quantitative estimate of drug-likeness (QED) is 0.0660. The molecule has 17 heteroatoms. The molecule has 0 spiro atoms. The van der Waals surface area contributed by atoms with E-state index in [0.29, 0.717) is 32.9 Å². The predicted octanol–water partition coefficient (Wildman–Crippen LogP) is 13.1. The molecule has 2 heterocycles. The molecule has 0 bridgehead atoms. The molecule has 0 N–H and O–H groups in total. The molecule has 4 aromatic rings. The minimum Gasteiger partial charge on any atom is -0.393 e. The number of sulfone groups is 2. The van der Waals surface area contributed by atoms with E-state index in [2.05, 4.69) is 0 Å². The summed E-state index contributed by atoms with van der Waals surface area (Å²) in [5.74, 6) is -4.37. The van der Waals surface area contributed by atoms with Crippen molar-refractivity contribution in [1.82, 2.24) is 9.80 Å². The second-order valence-corrected chi connectivity index (χ2v) is 28.9. The van der Waals surface area contributed by atoms with Crippen LogP contribution >= 0.6 is 46.4 Å². The van der Waals surface area contributed by atoms with Crippen LogP contribution < -0.4 is 0 Å². The minimum atomic E-state index is -3.68. The molecule has 4 aromatic carbocycles. The van der Waals surface area contributed by atoms with Crippen LogP contribution in [0.5, 0.6) is 0 Å². The highest BCUT2D eigenvalue weighted by atomic mass is 35.5. The van der Waals surface area contributed by atoms with Gasteiger partial charge in [-0.1, -0.05) is 128 Å². The first-order valence-corrected chi connectivity index (χ1v) is 32.2. The molecule has 76 heavy (non-hydrogen) atoms. The fourth-order valence-electron chi connectivity index (χ4n) is 13.2. The lowest BCUT2D eigenvalue weighted by Crippen LogP contribution is -2.59. The highest BCUT2D eigenvalue weighted by Gasteiger charge is 2.59. The van der Waals surface area contributed by atoms with Gasteiger partial charge in [0.1, 0.15) is 9.84 Å². The first kappa shape index (κ1) is 56.7. The van der Waals surface area contributed by atoms with Crippen LogP contribution in [0.25, 0.3) is 0 Å². The van der Waals surface area contributed by atoms with Gasteiger partial charge in [-0.25, -0.2) is 16.8 Å². The Labute approximate surface area is 468 Å². The first-order valence-electron chi connectivity index (χ1n) is 26.9. The molecular formula is C59H68Cl4N2O9S2. The topological polar surface area (TPSA) is 152 Å². The van der Waals surface area contributed by atoms with Crippen LogP contribution in [0.1, 0.15) is 156 Å². The Morgan fingerprint density at radius 2 is 0.974 bits per heavy atom. The van der Waals surface area contributed by atoms with E-state index in [1.165, 1.54) is 6.26 Å². The van der Waals surface area contributed by atoms with Crippen molar-refractivity contribution in [1.29, 1.82) is 0 Å². The number of carbonyl (C=O) groups is 4. The SMILES string of the molecule is CCC1(CC(=O)OC(=O)CC2(CC)CC(c3cccc(Cl)c3)C(c3ccc(Cl)cc3)N(C(CS(=O)(=O)C3CCCCC3)C3CC3)C2=O)CC(c2cccc(Cl)c2)C(c2ccc(Cl)cc2)N(C(CS(C)(=O)=O)C2CC2)C1=O. The molecule has 8 unspecified atom stereocenters. The van der Waals surface area contributed by atoms with Gasteiger partial charge in [-0.05, 0) is 147 Å². The van der Waals surface area contributed by atoms with Crippen LogP contribution in [0.3, 0.4) is 0 Å². The van der Waals surface area contributed by atoms with Crippen molar-refractivity contribution in [2.75, 3.05) is 17.8 Å². The molecule has 5 fully saturated rings. The van der Waals surface area contributed by atoms with Crippen molar-refractivity contribution in [3.8, 4) is 0 Å². The maximum absolute atomic E-state index is 16.0. The molecule has 2 amide bonds. The lowest BCUT2D eigenvalue weighted by Gasteiger charge is -2.53. The third-order valence-electron chi connectivity index (χ3n) is 17.5. The van der Waals surface area contributed by atoms with Gasteiger partial charge in [0.15, 0.2) is 9.84 Å². The van der Waals surface area contributed by atoms with Gasteiger partial charge in [0.2, 0.25) is 11.8 Å². The molecule has 9 rings (SSSR count). The molecular weight excluding hydrogens is 1090 g/mol. The molecule has 408 valence electrons. The van der Waals surface area contributed by atoms with E-state index in [1.807, 2.05) is 74.5 Å². The molecule has 5 aliphatic rings. The largest absolute Gasteiger partial charge is 0.393 e. The molecule has 2 aliphatic heterocycles. The summed E-state index contributed by atoms with van der Waals surface area (Å²) in [6.45, 7) is 3.64. The number of esters is 2. The number of hydrogen-bond acceptors (Lipinski definition) is 9. The lowest BCUT2D eigenvalue weighted by molar-refractivity contribution is -0.173. The highest BCUT2D eigenvalue weighted by Crippen LogP contribution is 2.58. The second kappa shape index (κ2) is 23.0. The fourth-order valence-corrected chi connectivity index (χ4v) is 17.1. The molecule has 3 saturated carbocycles. The summed E-state index contributed by atoms with van der Waals surface area (Å²) in [6.07, 6.45) is 7.47. The average Bonchev–Trinajstić information content (AvgIpc) is 4.33. The van der Waals surface area contributed by atoms with Gasteiger partial charge in [-0.2, -0.15) is 0 Å². The van der Waals surface area contributed by atoms with Gasteiger partial charge < -0.3 is 14.5 Å². The van der Waals surface area contributed by atoms with Crippen molar-refractivity contribution in [3.63, 3.8) is 0 Å². The Morgan fingerprint density at radius 3 is 1.34 bits per heavy atom. The van der Waals surface area contributed by atoms with E-state index in [0.717, 1.165) is 67.2 Å². The zero-order chi connectivity index (χ0) is 54.3. The third-order valence-corrected chi connectivity index (χ3v) is 21.7. The molecule has 2 saturated heterocycles. The number of ether oxygens (including phenoxy) is 1. The number of rotatable bonds is 19. The number of carbonyl (C=O) groups excluding carboxylic acids is 4.